The Morgan fingerprint density at radius 3 is 2.70 bits per heavy atom. The van der Waals surface area contributed by atoms with Crippen LogP contribution in [0.5, 0.6) is 0 Å². The maximum Gasteiger partial charge on any atom is 0.410 e. The van der Waals surface area contributed by atoms with Crippen molar-refractivity contribution in [2.24, 2.45) is 11.3 Å². The molecular weight excluding hydrogens is 260 g/mol. The van der Waals surface area contributed by atoms with Crippen LogP contribution in [0.1, 0.15) is 27.7 Å². The highest BCUT2D eigenvalue weighted by Gasteiger charge is 2.57. The molecule has 2 saturated heterocycles. The molecule has 0 aliphatic carbocycles. The van der Waals surface area contributed by atoms with Gasteiger partial charge < -0.3 is 19.7 Å². The van der Waals surface area contributed by atoms with Gasteiger partial charge in [0.15, 0.2) is 0 Å². The lowest BCUT2D eigenvalue weighted by Crippen LogP contribution is -2.43. The first-order valence-electron chi connectivity index (χ1n) is 7.14. The molecule has 0 bridgehead atoms. The third kappa shape index (κ3) is 2.75. The van der Waals surface area contributed by atoms with Crippen molar-refractivity contribution in [1.82, 2.24) is 10.2 Å². The molecule has 1 amide bonds. The Labute approximate surface area is 119 Å². The molecule has 2 aliphatic heterocycles. The van der Waals surface area contributed by atoms with Crippen molar-refractivity contribution in [2.75, 3.05) is 32.8 Å². The minimum absolute atomic E-state index is 0.106. The van der Waals surface area contributed by atoms with Gasteiger partial charge in [-0.25, -0.2) is 4.79 Å². The van der Waals surface area contributed by atoms with Crippen molar-refractivity contribution in [3.8, 4) is 0 Å². The molecule has 0 radical (unpaired) electrons. The lowest BCUT2D eigenvalue weighted by atomic mass is 9.81. The first kappa shape index (κ1) is 15.1. The normalized spacial score (nSPS) is 29.2. The van der Waals surface area contributed by atoms with Crippen molar-refractivity contribution in [3.63, 3.8) is 0 Å². The van der Waals surface area contributed by atoms with Crippen LogP contribution >= 0.6 is 0 Å². The Morgan fingerprint density at radius 1 is 1.40 bits per heavy atom. The van der Waals surface area contributed by atoms with Crippen molar-refractivity contribution in [3.05, 3.63) is 0 Å². The first-order chi connectivity index (χ1) is 9.28. The molecule has 0 saturated carbocycles. The molecule has 2 rings (SSSR count). The van der Waals surface area contributed by atoms with Crippen molar-refractivity contribution in [1.29, 1.82) is 0 Å². The summed E-state index contributed by atoms with van der Waals surface area (Å²) in [5.74, 6) is -0.102. The SMILES string of the molecule is CCOC(=O)[C@]12CNC[C@H]1CN(C(=O)OC(C)(C)C)C2. The zero-order valence-corrected chi connectivity index (χ0v) is 12.7. The minimum Gasteiger partial charge on any atom is -0.465 e. The van der Waals surface area contributed by atoms with Crippen molar-refractivity contribution in [2.45, 2.75) is 33.3 Å². The second kappa shape index (κ2) is 5.24. The molecule has 20 heavy (non-hydrogen) atoms. The highest BCUT2D eigenvalue weighted by Crippen LogP contribution is 2.40. The van der Waals surface area contributed by atoms with Gasteiger partial charge in [-0.15, -0.1) is 0 Å². The summed E-state index contributed by atoms with van der Waals surface area (Å²) in [5.41, 5.74) is -1.13. The van der Waals surface area contributed by atoms with Crippen molar-refractivity contribution < 1.29 is 19.1 Å². The van der Waals surface area contributed by atoms with Gasteiger partial charge in [-0.3, -0.25) is 4.79 Å². The molecule has 114 valence electrons. The average molecular weight is 284 g/mol. The van der Waals surface area contributed by atoms with E-state index >= 15 is 0 Å². The molecule has 2 aliphatic rings. The van der Waals surface area contributed by atoms with Crippen LogP contribution in [-0.2, 0) is 14.3 Å². The fraction of sp³-hybridized carbons (Fsp3) is 0.857. The van der Waals surface area contributed by atoms with Gasteiger partial charge in [-0.2, -0.15) is 0 Å². The van der Waals surface area contributed by atoms with E-state index in [1.807, 2.05) is 20.8 Å². The van der Waals surface area contributed by atoms with E-state index in [2.05, 4.69) is 5.32 Å². The van der Waals surface area contributed by atoms with Crippen LogP contribution in [0, 0.1) is 11.3 Å². The van der Waals surface area contributed by atoms with Gasteiger partial charge in [-0.05, 0) is 27.7 Å². The lowest BCUT2D eigenvalue weighted by molar-refractivity contribution is -0.155. The second-order valence-corrected chi connectivity index (χ2v) is 6.57. The quantitative estimate of drug-likeness (QED) is 0.766. The smallest absolute Gasteiger partial charge is 0.410 e. The Kier molecular flexibility index (Phi) is 3.95. The van der Waals surface area contributed by atoms with Crippen LogP contribution in [0.2, 0.25) is 0 Å². The number of ether oxygens (including phenoxy) is 2. The largest absolute Gasteiger partial charge is 0.465 e. The van der Waals surface area contributed by atoms with E-state index in [1.165, 1.54) is 0 Å². The molecule has 0 aromatic heterocycles. The topological polar surface area (TPSA) is 67.9 Å². The van der Waals surface area contributed by atoms with Gasteiger partial charge in [0.2, 0.25) is 0 Å². The number of nitrogens with one attached hydrogen (secondary N) is 1. The second-order valence-electron chi connectivity index (χ2n) is 6.57. The number of hydrogen-bond donors (Lipinski definition) is 1. The molecule has 0 unspecified atom stereocenters. The Hall–Kier alpha value is -1.30. The standard InChI is InChI=1S/C14H24N2O4/c1-5-19-11(17)14-8-15-6-10(14)7-16(9-14)12(18)20-13(2,3)4/h10,15H,5-9H2,1-4H3/t10-,14-/m0/s1. The van der Waals surface area contributed by atoms with E-state index in [4.69, 9.17) is 9.47 Å². The van der Waals surface area contributed by atoms with Gasteiger partial charge >= 0.3 is 12.1 Å². The summed E-state index contributed by atoms with van der Waals surface area (Å²) in [6, 6.07) is 0. The lowest BCUT2D eigenvalue weighted by Gasteiger charge is -2.27. The van der Waals surface area contributed by atoms with E-state index in [1.54, 1.807) is 11.8 Å². The zero-order chi connectivity index (χ0) is 15.0. The molecular formula is C14H24N2O4. The molecule has 0 aromatic carbocycles. The molecule has 6 heteroatoms. The molecule has 0 aromatic rings. The fourth-order valence-corrected chi connectivity index (χ4v) is 2.95. The van der Waals surface area contributed by atoms with Gasteiger partial charge in [0.05, 0.1) is 6.61 Å². The van der Waals surface area contributed by atoms with Crippen LogP contribution in [0.15, 0.2) is 0 Å². The highest BCUT2D eigenvalue weighted by molar-refractivity contribution is 5.81. The summed E-state index contributed by atoms with van der Waals surface area (Å²) in [4.78, 5) is 26.0. The monoisotopic (exact) mass is 284 g/mol. The molecule has 2 heterocycles. The van der Waals surface area contributed by atoms with Crippen LogP contribution in [0.25, 0.3) is 0 Å². The van der Waals surface area contributed by atoms with Crippen molar-refractivity contribution >= 4 is 12.1 Å². The molecule has 2 atom stereocenters. The number of carbonyl (C=O) groups is 2. The molecule has 6 nitrogen and oxygen atoms in total. The number of esters is 1. The van der Waals surface area contributed by atoms with Crippen LogP contribution in [-0.4, -0.2) is 55.3 Å². The van der Waals surface area contributed by atoms with Crippen LogP contribution in [0.4, 0.5) is 4.79 Å². The number of fused-ring (bicyclic) bond motifs is 1. The first-order valence-corrected chi connectivity index (χ1v) is 7.14. The van der Waals surface area contributed by atoms with E-state index < -0.39 is 11.0 Å². The predicted molar refractivity (Wildman–Crippen MR) is 73.2 cm³/mol. The molecule has 2 fully saturated rings. The number of hydrogen-bond acceptors (Lipinski definition) is 5. The van der Waals surface area contributed by atoms with E-state index in [9.17, 15) is 9.59 Å². The number of nitrogens with zero attached hydrogens (tertiary/aromatic N) is 1. The van der Waals surface area contributed by atoms with E-state index in [0.717, 1.165) is 6.54 Å². The summed E-state index contributed by atoms with van der Waals surface area (Å²) in [6.45, 7) is 9.89. The number of amides is 1. The van der Waals surface area contributed by atoms with E-state index in [-0.39, 0.29) is 18.0 Å². The maximum atomic E-state index is 12.3. The third-order valence-electron chi connectivity index (χ3n) is 3.86. The third-order valence-corrected chi connectivity index (χ3v) is 3.86. The Balaban J connectivity index is 2.08. The van der Waals surface area contributed by atoms with Gasteiger partial charge in [0.25, 0.3) is 0 Å². The van der Waals surface area contributed by atoms with Gasteiger partial charge in [-0.1, -0.05) is 0 Å². The summed E-state index contributed by atoms with van der Waals surface area (Å²) < 4.78 is 10.6. The number of rotatable bonds is 2. The predicted octanol–water partition coefficient (Wildman–Crippen LogP) is 1.01. The summed E-state index contributed by atoms with van der Waals surface area (Å²) in [7, 11) is 0. The highest BCUT2D eigenvalue weighted by atomic mass is 16.6. The Bertz CT molecular complexity index is 404. The fourth-order valence-electron chi connectivity index (χ4n) is 2.95. The van der Waals surface area contributed by atoms with Crippen LogP contribution in [0.3, 0.4) is 0 Å². The van der Waals surface area contributed by atoms with Crippen LogP contribution < -0.4 is 5.32 Å². The minimum atomic E-state index is -0.604. The van der Waals surface area contributed by atoms with Gasteiger partial charge in [0.1, 0.15) is 11.0 Å². The number of carbonyl (C=O) groups excluding carboxylic acids is 2. The summed E-state index contributed by atoms with van der Waals surface area (Å²) in [6.07, 6.45) is -0.351. The Morgan fingerprint density at radius 2 is 2.10 bits per heavy atom. The van der Waals surface area contributed by atoms with E-state index in [0.29, 0.717) is 26.2 Å². The summed E-state index contributed by atoms with van der Waals surface area (Å²) in [5, 5.41) is 3.23. The number of likely N-dealkylation sites (tertiary alicyclic amines) is 1. The molecule has 1 N–H and O–H groups in total. The zero-order valence-electron chi connectivity index (χ0n) is 12.7. The van der Waals surface area contributed by atoms with Gasteiger partial charge in [0, 0.05) is 32.1 Å². The molecule has 0 spiro atoms. The maximum absolute atomic E-state index is 12.3. The average Bonchev–Trinajstić information content (AvgIpc) is 2.83. The summed E-state index contributed by atoms with van der Waals surface area (Å²) >= 11 is 0.